The molecular formula is C13H15NO3. The summed E-state index contributed by atoms with van der Waals surface area (Å²) in [6.45, 7) is 11.8. The number of rotatable bonds is 6. The van der Waals surface area contributed by atoms with Gasteiger partial charge in [-0.25, -0.2) is 4.79 Å². The number of allylic oxidation sites excluding steroid dienone is 3. The summed E-state index contributed by atoms with van der Waals surface area (Å²) in [5.74, 6) is -1.72. The Hall–Kier alpha value is -2.36. The van der Waals surface area contributed by atoms with E-state index in [2.05, 4.69) is 25.1 Å². The van der Waals surface area contributed by atoms with E-state index in [1.165, 1.54) is 13.0 Å². The predicted octanol–water partition coefficient (Wildman–Crippen LogP) is 1.95. The van der Waals surface area contributed by atoms with Crippen LogP contribution in [-0.2, 0) is 9.59 Å². The molecule has 90 valence electrons. The average molecular weight is 233 g/mol. The molecule has 0 spiro atoms. The summed E-state index contributed by atoms with van der Waals surface area (Å²) < 4.78 is 0. The Morgan fingerprint density at radius 3 is 2.29 bits per heavy atom. The van der Waals surface area contributed by atoms with Gasteiger partial charge in [-0.2, -0.15) is 0 Å². The number of amides is 1. The summed E-state index contributed by atoms with van der Waals surface area (Å²) in [5, 5.41) is 11.3. The van der Waals surface area contributed by atoms with Crippen LogP contribution in [0.5, 0.6) is 0 Å². The van der Waals surface area contributed by atoms with Crippen LogP contribution in [0, 0.1) is 0 Å². The molecule has 2 N–H and O–H groups in total. The molecule has 0 rings (SSSR count). The van der Waals surface area contributed by atoms with Crippen LogP contribution in [0.15, 0.2) is 60.9 Å². The molecule has 0 saturated carbocycles. The number of hydrogen-bond acceptors (Lipinski definition) is 2. The number of nitrogens with one attached hydrogen (secondary N) is 1. The average Bonchev–Trinajstić information content (AvgIpc) is 2.26. The molecule has 0 heterocycles. The second-order valence-corrected chi connectivity index (χ2v) is 3.12. The van der Waals surface area contributed by atoms with Gasteiger partial charge in [-0.3, -0.25) is 4.79 Å². The van der Waals surface area contributed by atoms with Gasteiger partial charge in [-0.1, -0.05) is 38.0 Å². The van der Waals surface area contributed by atoms with E-state index in [9.17, 15) is 9.59 Å². The van der Waals surface area contributed by atoms with Gasteiger partial charge < -0.3 is 10.4 Å². The van der Waals surface area contributed by atoms with E-state index in [0.717, 1.165) is 6.08 Å². The van der Waals surface area contributed by atoms with Gasteiger partial charge in [-0.05, 0) is 13.0 Å². The Balaban J connectivity index is 4.89. The van der Waals surface area contributed by atoms with Gasteiger partial charge in [0.2, 0.25) is 0 Å². The first-order chi connectivity index (χ1) is 7.93. The molecule has 1 amide bonds. The third kappa shape index (κ3) is 4.79. The van der Waals surface area contributed by atoms with Gasteiger partial charge in [0.25, 0.3) is 5.91 Å². The molecule has 0 aliphatic rings. The van der Waals surface area contributed by atoms with Crippen LogP contribution >= 0.6 is 0 Å². The monoisotopic (exact) mass is 233 g/mol. The summed E-state index contributed by atoms with van der Waals surface area (Å²) in [5.41, 5.74) is 0.284. The first-order valence-electron chi connectivity index (χ1n) is 4.80. The Labute approximate surface area is 100 Å². The number of carboxylic acids is 1. The molecule has 0 aromatic heterocycles. The van der Waals surface area contributed by atoms with Crippen LogP contribution in [0.4, 0.5) is 0 Å². The largest absolute Gasteiger partial charge is 0.478 e. The van der Waals surface area contributed by atoms with E-state index < -0.39 is 11.9 Å². The second kappa shape index (κ2) is 7.00. The molecule has 0 bridgehead atoms. The fourth-order valence-corrected chi connectivity index (χ4v) is 0.989. The Morgan fingerprint density at radius 1 is 1.29 bits per heavy atom. The smallest absolute Gasteiger partial charge is 0.336 e. The van der Waals surface area contributed by atoms with Gasteiger partial charge in [0.05, 0.1) is 5.57 Å². The Kier molecular flexibility index (Phi) is 6.03. The summed E-state index contributed by atoms with van der Waals surface area (Å²) in [4.78, 5) is 22.4. The van der Waals surface area contributed by atoms with Crippen LogP contribution in [-0.4, -0.2) is 17.0 Å². The van der Waals surface area contributed by atoms with Crippen molar-refractivity contribution in [3.63, 3.8) is 0 Å². The van der Waals surface area contributed by atoms with Crippen molar-refractivity contribution in [2.24, 2.45) is 0 Å². The van der Waals surface area contributed by atoms with Crippen molar-refractivity contribution in [2.75, 3.05) is 0 Å². The van der Waals surface area contributed by atoms with Crippen molar-refractivity contribution < 1.29 is 14.7 Å². The van der Waals surface area contributed by atoms with Crippen molar-refractivity contribution in [1.82, 2.24) is 5.32 Å². The lowest BCUT2D eigenvalue weighted by atomic mass is 10.1. The fraction of sp³-hybridized carbons (Fsp3) is 0.0769. The predicted molar refractivity (Wildman–Crippen MR) is 67.2 cm³/mol. The van der Waals surface area contributed by atoms with Crippen LogP contribution in [0.2, 0.25) is 0 Å². The molecule has 0 aromatic rings. The summed E-state index contributed by atoms with van der Waals surface area (Å²) in [6, 6.07) is 0. The van der Waals surface area contributed by atoms with E-state index in [1.807, 2.05) is 0 Å². The molecule has 0 radical (unpaired) electrons. The van der Waals surface area contributed by atoms with Gasteiger partial charge >= 0.3 is 5.97 Å². The van der Waals surface area contributed by atoms with E-state index in [-0.39, 0.29) is 11.1 Å². The first-order valence-corrected chi connectivity index (χ1v) is 4.80. The van der Waals surface area contributed by atoms with Crippen molar-refractivity contribution in [1.29, 1.82) is 0 Å². The standard InChI is InChI=1S/C13H15NO3/c1-5-7-8-9(3)14-12(15)10(4)11(6-2)13(16)17/h5-8H,1-3H2,4H3,(H,14,15)(H,16,17)/b8-7-,11-10-. The molecule has 0 unspecified atom stereocenters. The Morgan fingerprint density at radius 2 is 1.88 bits per heavy atom. The minimum Gasteiger partial charge on any atom is -0.478 e. The Bertz CT molecular complexity index is 428. The maximum Gasteiger partial charge on any atom is 0.336 e. The van der Waals surface area contributed by atoms with E-state index in [4.69, 9.17) is 5.11 Å². The third-order valence-electron chi connectivity index (χ3n) is 1.89. The summed E-state index contributed by atoms with van der Waals surface area (Å²) >= 11 is 0. The summed E-state index contributed by atoms with van der Waals surface area (Å²) in [6.07, 6.45) is 5.81. The molecule has 0 fully saturated rings. The van der Waals surface area contributed by atoms with Crippen LogP contribution in [0.1, 0.15) is 6.92 Å². The molecule has 0 saturated heterocycles. The molecule has 17 heavy (non-hydrogen) atoms. The number of carbonyl (C=O) groups excluding carboxylic acids is 1. The van der Waals surface area contributed by atoms with Gasteiger partial charge in [-0.15, -0.1) is 0 Å². The van der Waals surface area contributed by atoms with Gasteiger partial charge in [0.15, 0.2) is 0 Å². The lowest BCUT2D eigenvalue weighted by Crippen LogP contribution is -2.24. The maximum atomic E-state index is 11.6. The minimum absolute atomic E-state index is 0.0700. The number of carboxylic acid groups (broad SMARTS) is 1. The van der Waals surface area contributed by atoms with Crippen molar-refractivity contribution in [3.8, 4) is 0 Å². The van der Waals surface area contributed by atoms with E-state index in [1.54, 1.807) is 12.2 Å². The number of hydrogen-bond donors (Lipinski definition) is 2. The van der Waals surface area contributed by atoms with Gasteiger partial charge in [0, 0.05) is 11.3 Å². The quantitative estimate of drug-likeness (QED) is 0.544. The molecule has 0 aliphatic heterocycles. The highest BCUT2D eigenvalue weighted by Gasteiger charge is 2.13. The molecule has 4 nitrogen and oxygen atoms in total. The topological polar surface area (TPSA) is 66.4 Å². The molecule has 4 heteroatoms. The molecule has 0 aromatic carbocycles. The first kappa shape index (κ1) is 14.6. The summed E-state index contributed by atoms with van der Waals surface area (Å²) in [7, 11) is 0. The fourth-order valence-electron chi connectivity index (χ4n) is 0.989. The minimum atomic E-state index is -1.19. The van der Waals surface area contributed by atoms with Crippen molar-refractivity contribution in [3.05, 3.63) is 60.9 Å². The molecular weight excluding hydrogens is 218 g/mol. The number of aliphatic carboxylic acids is 1. The lowest BCUT2D eigenvalue weighted by molar-refractivity contribution is -0.132. The zero-order valence-corrected chi connectivity index (χ0v) is 9.69. The maximum absolute atomic E-state index is 11.6. The third-order valence-corrected chi connectivity index (χ3v) is 1.89. The normalized spacial score (nSPS) is 11.6. The SMILES string of the molecule is C=C/C=C\C(=C)NC(=O)/C(C)=C(/C=C)C(=O)O. The van der Waals surface area contributed by atoms with E-state index >= 15 is 0 Å². The van der Waals surface area contributed by atoms with Crippen LogP contribution < -0.4 is 5.32 Å². The molecule has 0 aliphatic carbocycles. The lowest BCUT2D eigenvalue weighted by Gasteiger charge is -2.06. The van der Waals surface area contributed by atoms with Crippen molar-refractivity contribution >= 4 is 11.9 Å². The highest BCUT2D eigenvalue weighted by atomic mass is 16.4. The zero-order valence-electron chi connectivity index (χ0n) is 9.69. The van der Waals surface area contributed by atoms with Crippen LogP contribution in [0.3, 0.4) is 0 Å². The van der Waals surface area contributed by atoms with Crippen molar-refractivity contribution in [2.45, 2.75) is 6.92 Å². The highest BCUT2D eigenvalue weighted by Crippen LogP contribution is 2.06. The molecule has 0 atom stereocenters. The van der Waals surface area contributed by atoms with Gasteiger partial charge in [0.1, 0.15) is 0 Å². The zero-order chi connectivity index (χ0) is 13.4. The second-order valence-electron chi connectivity index (χ2n) is 3.12. The van der Waals surface area contributed by atoms with Crippen LogP contribution in [0.25, 0.3) is 0 Å². The highest BCUT2D eigenvalue weighted by molar-refractivity contribution is 6.03. The van der Waals surface area contributed by atoms with E-state index in [0.29, 0.717) is 5.70 Å². The number of carbonyl (C=O) groups is 2.